The zero-order valence-corrected chi connectivity index (χ0v) is 13.6. The van der Waals surface area contributed by atoms with E-state index in [1.54, 1.807) is 6.92 Å². The van der Waals surface area contributed by atoms with E-state index in [0.29, 0.717) is 17.1 Å². The maximum Gasteiger partial charge on any atom is 0.409 e. The Balaban J connectivity index is 2.09. The van der Waals surface area contributed by atoms with Crippen LogP contribution in [-0.2, 0) is 5.75 Å². The summed E-state index contributed by atoms with van der Waals surface area (Å²) in [5.41, 5.74) is 2.98. The fourth-order valence-electron chi connectivity index (χ4n) is 2.01. The molecule has 22 heavy (non-hydrogen) atoms. The number of rotatable bonds is 7. The normalized spacial score (nSPS) is 10.6. The average molecular weight is 320 g/mol. The van der Waals surface area contributed by atoms with Crippen LogP contribution in [0.15, 0.2) is 28.8 Å². The highest BCUT2D eigenvalue weighted by Crippen LogP contribution is 2.31. The van der Waals surface area contributed by atoms with Crippen LogP contribution in [0.25, 0.3) is 11.3 Å². The predicted octanol–water partition coefficient (Wildman–Crippen LogP) is 4.77. The minimum Gasteiger partial charge on any atom is -0.465 e. The molecule has 0 unspecified atom stereocenters. The number of nitrogens with one attached hydrogen (secondary N) is 1. The van der Waals surface area contributed by atoms with E-state index in [9.17, 15) is 4.79 Å². The van der Waals surface area contributed by atoms with Crippen molar-refractivity contribution in [3.8, 4) is 11.3 Å². The van der Waals surface area contributed by atoms with Crippen molar-refractivity contribution in [2.45, 2.75) is 32.4 Å². The monoisotopic (exact) mass is 320 g/mol. The van der Waals surface area contributed by atoms with Gasteiger partial charge in [0.05, 0.1) is 0 Å². The van der Waals surface area contributed by atoms with Crippen LogP contribution in [-0.4, -0.2) is 22.1 Å². The number of aryl methyl sites for hydroxylation is 1. The van der Waals surface area contributed by atoms with Gasteiger partial charge in [0.15, 0.2) is 5.76 Å². The Morgan fingerprint density at radius 3 is 2.73 bits per heavy atom. The molecule has 118 valence electrons. The number of anilines is 1. The van der Waals surface area contributed by atoms with Crippen LogP contribution in [0.4, 0.5) is 10.5 Å². The molecular weight excluding hydrogens is 300 g/mol. The van der Waals surface area contributed by atoms with Crippen molar-refractivity contribution in [1.29, 1.82) is 0 Å². The third-order valence-corrected chi connectivity index (χ3v) is 4.34. The second-order valence-electron chi connectivity index (χ2n) is 5.01. The molecule has 1 amide bonds. The summed E-state index contributed by atoms with van der Waals surface area (Å²) < 4.78 is 5.25. The first-order chi connectivity index (χ1) is 10.6. The van der Waals surface area contributed by atoms with Crippen molar-refractivity contribution in [1.82, 2.24) is 5.16 Å². The molecule has 6 heteroatoms. The lowest BCUT2D eigenvalue weighted by atomic mass is 10.1. The van der Waals surface area contributed by atoms with Gasteiger partial charge in [-0.2, -0.15) is 11.8 Å². The Kier molecular flexibility index (Phi) is 5.89. The van der Waals surface area contributed by atoms with Crippen LogP contribution >= 0.6 is 11.8 Å². The molecule has 0 atom stereocenters. The highest BCUT2D eigenvalue weighted by molar-refractivity contribution is 7.98. The Labute approximate surface area is 134 Å². The molecule has 1 aromatic heterocycles. The lowest BCUT2D eigenvalue weighted by molar-refractivity contribution is 0.209. The van der Waals surface area contributed by atoms with Gasteiger partial charge in [-0.15, -0.1) is 0 Å². The van der Waals surface area contributed by atoms with Crippen LogP contribution in [0.3, 0.4) is 0 Å². The van der Waals surface area contributed by atoms with Crippen molar-refractivity contribution < 1.29 is 14.4 Å². The van der Waals surface area contributed by atoms with Gasteiger partial charge in [0, 0.05) is 11.3 Å². The summed E-state index contributed by atoms with van der Waals surface area (Å²) in [6.07, 6.45) is 1.33. The van der Waals surface area contributed by atoms with E-state index in [-0.39, 0.29) is 0 Å². The van der Waals surface area contributed by atoms with Gasteiger partial charge in [-0.05, 0) is 24.7 Å². The van der Waals surface area contributed by atoms with Gasteiger partial charge in [0.2, 0.25) is 0 Å². The predicted molar refractivity (Wildman–Crippen MR) is 89.4 cm³/mol. The number of carbonyl (C=O) groups is 1. The summed E-state index contributed by atoms with van der Waals surface area (Å²) in [6.45, 7) is 3.90. The molecule has 2 rings (SSSR count). The fourth-order valence-corrected chi connectivity index (χ4v) is 3.07. The smallest absolute Gasteiger partial charge is 0.409 e. The first-order valence-corrected chi connectivity index (χ1v) is 8.40. The first kappa shape index (κ1) is 16.4. The molecule has 0 aliphatic carbocycles. The van der Waals surface area contributed by atoms with E-state index < -0.39 is 6.09 Å². The van der Waals surface area contributed by atoms with Crippen molar-refractivity contribution in [2.24, 2.45) is 0 Å². The molecule has 0 radical (unpaired) electrons. The van der Waals surface area contributed by atoms with Crippen molar-refractivity contribution in [3.63, 3.8) is 0 Å². The van der Waals surface area contributed by atoms with Gasteiger partial charge in [-0.25, -0.2) is 4.79 Å². The molecule has 0 aliphatic heterocycles. The fraction of sp³-hybridized carbons (Fsp3) is 0.375. The molecule has 0 spiro atoms. The summed E-state index contributed by atoms with van der Waals surface area (Å²) >= 11 is 1.92. The first-order valence-electron chi connectivity index (χ1n) is 7.25. The molecule has 1 heterocycles. The van der Waals surface area contributed by atoms with E-state index >= 15 is 0 Å². The average Bonchev–Trinajstić information content (AvgIpc) is 2.85. The Morgan fingerprint density at radius 1 is 1.36 bits per heavy atom. The maximum absolute atomic E-state index is 10.8. The number of aromatic nitrogens is 1. The van der Waals surface area contributed by atoms with Crippen molar-refractivity contribution in [2.75, 3.05) is 11.1 Å². The lowest BCUT2D eigenvalue weighted by Crippen LogP contribution is -2.08. The Hall–Kier alpha value is -1.95. The molecule has 0 bridgehead atoms. The minimum atomic E-state index is -1.13. The van der Waals surface area contributed by atoms with Crippen molar-refractivity contribution >= 4 is 23.5 Å². The number of amides is 1. The molecule has 0 fully saturated rings. The molecule has 1 aromatic carbocycles. The molecule has 0 aliphatic rings. The van der Waals surface area contributed by atoms with Gasteiger partial charge in [0.1, 0.15) is 11.4 Å². The molecule has 2 N–H and O–H groups in total. The molecule has 2 aromatic rings. The summed E-state index contributed by atoms with van der Waals surface area (Å²) in [5.74, 6) is 2.60. The van der Waals surface area contributed by atoms with E-state index in [0.717, 1.165) is 11.3 Å². The summed E-state index contributed by atoms with van der Waals surface area (Å²) in [5, 5.41) is 15.1. The number of hydrogen-bond donors (Lipinski definition) is 2. The van der Waals surface area contributed by atoms with Crippen LogP contribution in [0.1, 0.15) is 31.0 Å². The largest absolute Gasteiger partial charge is 0.465 e. The summed E-state index contributed by atoms with van der Waals surface area (Å²) in [7, 11) is 0. The van der Waals surface area contributed by atoms with Crippen LogP contribution in [0.2, 0.25) is 0 Å². The maximum atomic E-state index is 10.8. The second kappa shape index (κ2) is 7.89. The van der Waals surface area contributed by atoms with Crippen LogP contribution in [0.5, 0.6) is 0 Å². The number of hydrogen-bond acceptors (Lipinski definition) is 4. The Morgan fingerprint density at radius 2 is 2.09 bits per heavy atom. The number of nitrogens with zero attached hydrogens (tertiary/aromatic N) is 1. The summed E-state index contributed by atoms with van der Waals surface area (Å²) in [6, 6.07) is 7.94. The van der Waals surface area contributed by atoms with E-state index in [4.69, 9.17) is 9.63 Å². The Bertz CT molecular complexity index is 623. The number of benzene rings is 1. The highest BCUT2D eigenvalue weighted by atomic mass is 32.2. The molecule has 0 saturated heterocycles. The minimum absolute atomic E-state index is 0.401. The lowest BCUT2D eigenvalue weighted by Gasteiger charge is -2.04. The second-order valence-corrected chi connectivity index (χ2v) is 6.11. The molecule has 5 nitrogen and oxygen atoms in total. The number of unbranched alkanes of at least 4 members (excludes halogenated alkanes) is 1. The van der Waals surface area contributed by atoms with Gasteiger partial charge in [-0.1, -0.05) is 42.8 Å². The SMILES string of the molecule is CCCCSCc1ccc(-c2onc(C)c2NC(=O)O)cc1. The number of thioether (sulfide) groups is 1. The summed E-state index contributed by atoms with van der Waals surface area (Å²) in [4.78, 5) is 10.8. The zero-order valence-electron chi connectivity index (χ0n) is 12.8. The third-order valence-electron chi connectivity index (χ3n) is 3.22. The van der Waals surface area contributed by atoms with E-state index in [1.165, 1.54) is 24.2 Å². The highest BCUT2D eigenvalue weighted by Gasteiger charge is 2.16. The van der Waals surface area contributed by atoms with Gasteiger partial charge < -0.3 is 9.63 Å². The quantitative estimate of drug-likeness (QED) is 0.718. The van der Waals surface area contributed by atoms with Gasteiger partial charge in [0.25, 0.3) is 0 Å². The third kappa shape index (κ3) is 4.27. The zero-order chi connectivity index (χ0) is 15.9. The number of carboxylic acid groups (broad SMARTS) is 1. The van der Waals surface area contributed by atoms with Crippen LogP contribution < -0.4 is 5.32 Å². The molecular formula is C16H20N2O3S. The topological polar surface area (TPSA) is 75.4 Å². The van der Waals surface area contributed by atoms with Gasteiger partial charge in [-0.3, -0.25) is 5.32 Å². The van der Waals surface area contributed by atoms with E-state index in [1.807, 2.05) is 36.0 Å². The van der Waals surface area contributed by atoms with E-state index in [2.05, 4.69) is 17.4 Å². The van der Waals surface area contributed by atoms with Gasteiger partial charge >= 0.3 is 6.09 Å². The van der Waals surface area contributed by atoms with Crippen molar-refractivity contribution in [3.05, 3.63) is 35.5 Å². The van der Waals surface area contributed by atoms with Crippen LogP contribution in [0, 0.1) is 6.92 Å². The standard InChI is InChI=1S/C16H20N2O3S/c1-3-4-9-22-10-12-5-7-13(8-6-12)15-14(17-16(19)20)11(2)18-21-15/h5-8,17H,3-4,9-10H2,1-2H3,(H,19,20). The molecule has 0 saturated carbocycles.